The maximum absolute atomic E-state index is 12.9. The van der Waals surface area contributed by atoms with Crippen molar-refractivity contribution in [2.24, 2.45) is 0 Å². The Kier molecular flexibility index (Phi) is 5.35. The van der Waals surface area contributed by atoms with Crippen molar-refractivity contribution in [3.8, 4) is 10.6 Å². The van der Waals surface area contributed by atoms with Gasteiger partial charge in [-0.05, 0) is 25.0 Å². The maximum atomic E-state index is 12.9. The Morgan fingerprint density at radius 2 is 2.07 bits per heavy atom. The summed E-state index contributed by atoms with van der Waals surface area (Å²) in [7, 11) is 0. The van der Waals surface area contributed by atoms with Crippen LogP contribution in [0.5, 0.6) is 0 Å². The van der Waals surface area contributed by atoms with Gasteiger partial charge in [0.05, 0.1) is 12.1 Å². The number of fused-ring (bicyclic) bond motifs is 1. The predicted octanol–water partition coefficient (Wildman–Crippen LogP) is 4.08. The fraction of sp³-hybridized carbons (Fsp3) is 0.368. The fourth-order valence-corrected chi connectivity index (χ4v) is 4.06. The van der Waals surface area contributed by atoms with Crippen molar-refractivity contribution in [1.29, 1.82) is 0 Å². The molecule has 1 aromatic carbocycles. The second kappa shape index (κ2) is 7.94. The van der Waals surface area contributed by atoms with Gasteiger partial charge in [0.2, 0.25) is 0 Å². The molecule has 4 rings (SSSR count). The van der Waals surface area contributed by atoms with E-state index >= 15 is 0 Å². The largest absolute Gasteiger partial charge is 0.416 e. The van der Waals surface area contributed by atoms with Gasteiger partial charge < -0.3 is 9.88 Å². The number of benzene rings is 1. The standard InChI is InChI=1S/C19H18F3N5OS/c20-19(21,22)13-6-4-5-12(9-13)18-24-14(11-29-18)17(28)23-10-16-26-25-15-7-2-1-3-8-27(15)16/h4-6,9,11H,1-3,7-8,10H2,(H,23,28). The van der Waals surface area contributed by atoms with Crippen LogP contribution in [0.4, 0.5) is 13.2 Å². The molecule has 0 aliphatic carbocycles. The zero-order chi connectivity index (χ0) is 20.4. The summed E-state index contributed by atoms with van der Waals surface area (Å²) in [6, 6.07) is 4.91. The smallest absolute Gasteiger partial charge is 0.343 e. The van der Waals surface area contributed by atoms with Crippen molar-refractivity contribution < 1.29 is 18.0 Å². The molecule has 0 unspecified atom stereocenters. The molecule has 152 valence electrons. The van der Waals surface area contributed by atoms with Crippen LogP contribution >= 0.6 is 11.3 Å². The van der Waals surface area contributed by atoms with Gasteiger partial charge in [-0.25, -0.2) is 4.98 Å². The molecule has 1 aliphatic heterocycles. The average molecular weight is 421 g/mol. The number of aryl methyl sites for hydroxylation is 1. The van der Waals surface area contributed by atoms with Crippen LogP contribution in [-0.2, 0) is 25.7 Å². The lowest BCUT2D eigenvalue weighted by Gasteiger charge is -2.07. The molecular formula is C19H18F3N5OS. The van der Waals surface area contributed by atoms with Crippen LogP contribution in [0.3, 0.4) is 0 Å². The number of nitrogens with one attached hydrogen (secondary N) is 1. The third kappa shape index (κ3) is 4.31. The summed E-state index contributed by atoms with van der Waals surface area (Å²) in [5.74, 6) is 1.24. The van der Waals surface area contributed by atoms with Gasteiger partial charge >= 0.3 is 6.18 Å². The van der Waals surface area contributed by atoms with Crippen molar-refractivity contribution >= 4 is 17.2 Å². The minimum Gasteiger partial charge on any atom is -0.343 e. The molecule has 2 aromatic heterocycles. The monoisotopic (exact) mass is 421 g/mol. The van der Waals surface area contributed by atoms with Crippen LogP contribution in [0.25, 0.3) is 10.6 Å². The number of nitrogens with zero attached hydrogens (tertiary/aromatic N) is 4. The Balaban J connectivity index is 1.45. The van der Waals surface area contributed by atoms with E-state index in [-0.39, 0.29) is 12.2 Å². The summed E-state index contributed by atoms with van der Waals surface area (Å²) < 4.78 is 40.8. The van der Waals surface area contributed by atoms with E-state index in [1.807, 2.05) is 4.57 Å². The van der Waals surface area contributed by atoms with Crippen LogP contribution < -0.4 is 5.32 Å². The zero-order valence-corrected chi connectivity index (χ0v) is 16.2. The van der Waals surface area contributed by atoms with Crippen LogP contribution in [0, 0.1) is 0 Å². The number of hydrogen-bond acceptors (Lipinski definition) is 5. The third-order valence-electron chi connectivity index (χ3n) is 4.77. The molecule has 1 amide bonds. The number of rotatable bonds is 4. The highest BCUT2D eigenvalue weighted by Crippen LogP contribution is 2.33. The van der Waals surface area contributed by atoms with Gasteiger partial charge in [-0.15, -0.1) is 21.5 Å². The number of alkyl halides is 3. The van der Waals surface area contributed by atoms with E-state index in [1.165, 1.54) is 11.4 Å². The second-order valence-electron chi connectivity index (χ2n) is 6.79. The van der Waals surface area contributed by atoms with Gasteiger partial charge in [0.1, 0.15) is 16.5 Å². The molecule has 0 bridgehead atoms. The minimum absolute atomic E-state index is 0.165. The quantitative estimate of drug-likeness (QED) is 0.689. The van der Waals surface area contributed by atoms with Gasteiger partial charge in [-0.3, -0.25) is 4.79 Å². The molecule has 3 aromatic rings. The van der Waals surface area contributed by atoms with Crippen molar-refractivity contribution in [3.63, 3.8) is 0 Å². The van der Waals surface area contributed by atoms with Gasteiger partial charge in [-0.1, -0.05) is 18.6 Å². The Morgan fingerprint density at radius 3 is 2.90 bits per heavy atom. The van der Waals surface area contributed by atoms with Crippen LogP contribution in [0.1, 0.15) is 47.0 Å². The summed E-state index contributed by atoms with van der Waals surface area (Å²) in [5, 5.41) is 13.0. The first-order chi connectivity index (χ1) is 13.9. The molecular weight excluding hydrogens is 403 g/mol. The van der Waals surface area contributed by atoms with E-state index in [4.69, 9.17) is 0 Å². The first-order valence-electron chi connectivity index (χ1n) is 9.24. The molecule has 0 atom stereocenters. The molecule has 3 heterocycles. The number of thiazole rings is 1. The number of amides is 1. The normalized spacial score (nSPS) is 14.3. The molecule has 0 spiro atoms. The van der Waals surface area contributed by atoms with E-state index in [0.717, 1.165) is 61.5 Å². The third-order valence-corrected chi connectivity index (χ3v) is 5.66. The summed E-state index contributed by atoms with van der Waals surface area (Å²) in [6.45, 7) is 1.06. The minimum atomic E-state index is -4.43. The van der Waals surface area contributed by atoms with Crippen LogP contribution in [0.2, 0.25) is 0 Å². The van der Waals surface area contributed by atoms with Gasteiger partial charge in [-0.2, -0.15) is 13.2 Å². The fourth-order valence-electron chi connectivity index (χ4n) is 3.27. The lowest BCUT2D eigenvalue weighted by Crippen LogP contribution is -2.25. The molecule has 10 heteroatoms. The molecule has 0 radical (unpaired) electrons. The van der Waals surface area contributed by atoms with E-state index in [0.29, 0.717) is 16.4 Å². The van der Waals surface area contributed by atoms with Crippen molar-refractivity contribution in [3.05, 3.63) is 52.6 Å². The Bertz CT molecular complexity index is 1030. The first kappa shape index (κ1) is 19.6. The summed E-state index contributed by atoms with van der Waals surface area (Å²) in [6.07, 6.45) is -0.260. The Hall–Kier alpha value is -2.75. The zero-order valence-electron chi connectivity index (χ0n) is 15.4. The molecule has 0 saturated heterocycles. The van der Waals surface area contributed by atoms with Gasteiger partial charge in [0, 0.05) is 23.9 Å². The Morgan fingerprint density at radius 1 is 1.21 bits per heavy atom. The molecule has 0 saturated carbocycles. The number of carbonyl (C=O) groups is 1. The summed E-state index contributed by atoms with van der Waals surface area (Å²) in [4.78, 5) is 16.6. The lowest BCUT2D eigenvalue weighted by atomic mass is 10.1. The maximum Gasteiger partial charge on any atom is 0.416 e. The molecule has 0 fully saturated rings. The number of carbonyl (C=O) groups excluding carboxylic acids is 1. The van der Waals surface area contributed by atoms with Crippen molar-refractivity contribution in [2.45, 2.75) is 44.9 Å². The van der Waals surface area contributed by atoms with E-state index in [2.05, 4.69) is 20.5 Å². The van der Waals surface area contributed by atoms with Crippen LogP contribution in [0.15, 0.2) is 29.6 Å². The van der Waals surface area contributed by atoms with Gasteiger partial charge in [0.15, 0.2) is 5.82 Å². The lowest BCUT2D eigenvalue weighted by molar-refractivity contribution is -0.137. The van der Waals surface area contributed by atoms with Crippen molar-refractivity contribution in [1.82, 2.24) is 25.1 Å². The topological polar surface area (TPSA) is 72.7 Å². The molecule has 6 nitrogen and oxygen atoms in total. The van der Waals surface area contributed by atoms with E-state index < -0.39 is 17.6 Å². The molecule has 29 heavy (non-hydrogen) atoms. The summed E-state index contributed by atoms with van der Waals surface area (Å²) >= 11 is 1.13. The van der Waals surface area contributed by atoms with Gasteiger partial charge in [0.25, 0.3) is 5.91 Å². The number of hydrogen-bond donors (Lipinski definition) is 1. The SMILES string of the molecule is O=C(NCc1nnc2n1CCCCC2)c1csc(-c2cccc(C(F)(F)F)c2)n1. The average Bonchev–Trinajstić information content (AvgIpc) is 3.27. The van der Waals surface area contributed by atoms with Crippen LogP contribution in [-0.4, -0.2) is 25.7 Å². The highest BCUT2D eigenvalue weighted by Gasteiger charge is 2.30. The van der Waals surface area contributed by atoms with Crippen molar-refractivity contribution in [2.75, 3.05) is 0 Å². The highest BCUT2D eigenvalue weighted by atomic mass is 32.1. The first-order valence-corrected chi connectivity index (χ1v) is 10.1. The number of aromatic nitrogens is 4. The molecule has 1 N–H and O–H groups in total. The molecule has 1 aliphatic rings. The van der Waals surface area contributed by atoms with E-state index in [1.54, 1.807) is 6.07 Å². The highest BCUT2D eigenvalue weighted by molar-refractivity contribution is 7.13. The summed E-state index contributed by atoms with van der Waals surface area (Å²) in [5.41, 5.74) is -0.256. The second-order valence-corrected chi connectivity index (χ2v) is 7.65. The Labute approximate surface area is 168 Å². The number of halogens is 3. The predicted molar refractivity (Wildman–Crippen MR) is 101 cm³/mol. The van der Waals surface area contributed by atoms with E-state index in [9.17, 15) is 18.0 Å².